The molecule has 0 bridgehead atoms. The van der Waals surface area contributed by atoms with Crippen LogP contribution in [-0.4, -0.2) is 17.0 Å². The number of hydrogen-bond acceptors (Lipinski definition) is 2. The number of aliphatic hydroxyl groups is 1. The van der Waals surface area contributed by atoms with E-state index in [1.165, 1.54) is 12.8 Å². The predicted octanol–water partition coefficient (Wildman–Crippen LogP) is 2.22. The monoisotopic (exact) mass is 182 g/mol. The molecule has 0 heterocycles. The van der Waals surface area contributed by atoms with Crippen LogP contribution in [0.5, 0.6) is 0 Å². The molecule has 0 amide bonds. The van der Waals surface area contributed by atoms with Gasteiger partial charge >= 0.3 is 0 Å². The number of carbonyl (C=O) groups is 1. The van der Waals surface area contributed by atoms with E-state index in [1.807, 2.05) is 13.0 Å². The zero-order chi connectivity index (χ0) is 9.68. The van der Waals surface area contributed by atoms with Crippen molar-refractivity contribution >= 4 is 5.78 Å². The summed E-state index contributed by atoms with van der Waals surface area (Å²) in [6, 6.07) is 0. The second-order valence-corrected chi connectivity index (χ2v) is 3.62. The van der Waals surface area contributed by atoms with Crippen LogP contribution >= 0.6 is 0 Å². The molecule has 0 aromatic carbocycles. The number of ketones is 1. The third-order valence-corrected chi connectivity index (χ3v) is 2.55. The highest BCUT2D eigenvalue weighted by atomic mass is 16.3. The van der Waals surface area contributed by atoms with Gasteiger partial charge in [-0.15, -0.1) is 0 Å². The van der Waals surface area contributed by atoms with E-state index in [-0.39, 0.29) is 5.78 Å². The van der Waals surface area contributed by atoms with Gasteiger partial charge in [0.25, 0.3) is 0 Å². The first kappa shape index (κ1) is 10.5. The lowest BCUT2D eigenvalue weighted by molar-refractivity contribution is -0.123. The summed E-state index contributed by atoms with van der Waals surface area (Å²) >= 11 is 0. The number of allylic oxidation sites excluding steroid dienone is 1. The molecule has 0 saturated heterocycles. The summed E-state index contributed by atoms with van der Waals surface area (Å²) in [4.78, 5) is 11.6. The largest absolute Gasteiger partial charge is 0.385 e. The zero-order valence-corrected chi connectivity index (χ0v) is 8.25. The highest BCUT2D eigenvalue weighted by Crippen LogP contribution is 2.19. The molecule has 0 spiro atoms. The lowest BCUT2D eigenvalue weighted by Crippen LogP contribution is -2.21. The fraction of sp³-hybridized carbons (Fsp3) is 0.727. The van der Waals surface area contributed by atoms with Crippen LogP contribution in [-0.2, 0) is 4.79 Å². The molecule has 1 atom stereocenters. The molecule has 74 valence electrons. The summed E-state index contributed by atoms with van der Waals surface area (Å²) in [5.74, 6) is -0.0515. The van der Waals surface area contributed by atoms with Crippen molar-refractivity contribution in [2.24, 2.45) is 0 Å². The number of carbonyl (C=O) groups excluding carboxylic acids is 1. The third kappa shape index (κ3) is 2.96. The Morgan fingerprint density at radius 1 is 1.54 bits per heavy atom. The lowest BCUT2D eigenvalue weighted by Gasteiger charge is -2.08. The standard InChI is InChI=1S/C11H18O2/c1-2-10(12)11(13)9-7-5-3-4-6-8-9/h7,10,12H,2-6,8H2,1H3. The SMILES string of the molecule is CCC(O)C(=O)C1=CCCCCC1. The van der Waals surface area contributed by atoms with Gasteiger partial charge in [0, 0.05) is 0 Å². The smallest absolute Gasteiger partial charge is 0.186 e. The molecule has 0 saturated carbocycles. The molecule has 0 aliphatic heterocycles. The average molecular weight is 182 g/mol. The van der Waals surface area contributed by atoms with Crippen molar-refractivity contribution in [1.29, 1.82) is 0 Å². The van der Waals surface area contributed by atoms with Crippen LogP contribution in [0.1, 0.15) is 45.4 Å². The van der Waals surface area contributed by atoms with Gasteiger partial charge < -0.3 is 5.11 Å². The first-order chi connectivity index (χ1) is 6.25. The van der Waals surface area contributed by atoms with E-state index >= 15 is 0 Å². The van der Waals surface area contributed by atoms with Crippen molar-refractivity contribution in [1.82, 2.24) is 0 Å². The van der Waals surface area contributed by atoms with Crippen molar-refractivity contribution in [3.8, 4) is 0 Å². The molecular weight excluding hydrogens is 164 g/mol. The Kier molecular flexibility index (Phi) is 4.16. The second kappa shape index (κ2) is 5.18. The molecule has 1 N–H and O–H groups in total. The summed E-state index contributed by atoms with van der Waals surface area (Å²) in [5, 5.41) is 9.38. The summed E-state index contributed by atoms with van der Waals surface area (Å²) in [7, 11) is 0. The van der Waals surface area contributed by atoms with Crippen molar-refractivity contribution in [3.05, 3.63) is 11.6 Å². The van der Waals surface area contributed by atoms with Crippen LogP contribution in [0, 0.1) is 0 Å². The topological polar surface area (TPSA) is 37.3 Å². The van der Waals surface area contributed by atoms with Crippen LogP contribution in [0.3, 0.4) is 0 Å². The van der Waals surface area contributed by atoms with Gasteiger partial charge in [-0.2, -0.15) is 0 Å². The number of Topliss-reactive ketones (excluding diaryl/α,β-unsaturated/α-hetero) is 1. The molecule has 0 aromatic heterocycles. The first-order valence-electron chi connectivity index (χ1n) is 5.17. The van der Waals surface area contributed by atoms with Crippen LogP contribution in [0.2, 0.25) is 0 Å². The van der Waals surface area contributed by atoms with Crippen molar-refractivity contribution in [2.45, 2.75) is 51.6 Å². The molecule has 2 nitrogen and oxygen atoms in total. The highest BCUT2D eigenvalue weighted by Gasteiger charge is 2.17. The number of rotatable bonds is 3. The molecule has 0 aromatic rings. The molecule has 1 unspecified atom stereocenters. The summed E-state index contributed by atoms with van der Waals surface area (Å²) in [6.45, 7) is 1.83. The summed E-state index contributed by atoms with van der Waals surface area (Å²) in [5.41, 5.74) is 0.854. The van der Waals surface area contributed by atoms with E-state index in [0.717, 1.165) is 24.8 Å². The van der Waals surface area contributed by atoms with Gasteiger partial charge in [0.2, 0.25) is 0 Å². The zero-order valence-electron chi connectivity index (χ0n) is 8.25. The van der Waals surface area contributed by atoms with Gasteiger partial charge in [0.15, 0.2) is 5.78 Å². The van der Waals surface area contributed by atoms with Crippen LogP contribution < -0.4 is 0 Å². The number of aliphatic hydroxyl groups excluding tert-OH is 1. The Labute approximate surface area is 79.6 Å². The first-order valence-corrected chi connectivity index (χ1v) is 5.17. The van der Waals surface area contributed by atoms with Gasteiger partial charge in [-0.25, -0.2) is 0 Å². The maximum atomic E-state index is 11.6. The van der Waals surface area contributed by atoms with Gasteiger partial charge in [0.1, 0.15) is 6.10 Å². The Balaban J connectivity index is 2.58. The third-order valence-electron chi connectivity index (χ3n) is 2.55. The molecule has 13 heavy (non-hydrogen) atoms. The van der Waals surface area contributed by atoms with Crippen molar-refractivity contribution in [2.75, 3.05) is 0 Å². The van der Waals surface area contributed by atoms with Gasteiger partial charge in [0.05, 0.1) is 0 Å². The molecule has 0 fully saturated rings. The molecular formula is C11H18O2. The molecule has 1 aliphatic rings. The Morgan fingerprint density at radius 3 is 3.00 bits per heavy atom. The van der Waals surface area contributed by atoms with Gasteiger partial charge in [-0.3, -0.25) is 4.79 Å². The van der Waals surface area contributed by atoms with E-state index in [1.54, 1.807) is 0 Å². The maximum Gasteiger partial charge on any atom is 0.186 e. The fourth-order valence-electron chi connectivity index (χ4n) is 1.64. The van der Waals surface area contributed by atoms with Crippen LogP contribution in [0.15, 0.2) is 11.6 Å². The predicted molar refractivity (Wildman–Crippen MR) is 52.5 cm³/mol. The van der Waals surface area contributed by atoms with Gasteiger partial charge in [-0.1, -0.05) is 19.4 Å². The van der Waals surface area contributed by atoms with Crippen molar-refractivity contribution < 1.29 is 9.90 Å². The normalized spacial score (nSPS) is 20.3. The van der Waals surface area contributed by atoms with Crippen LogP contribution in [0.4, 0.5) is 0 Å². The molecule has 0 radical (unpaired) electrons. The maximum absolute atomic E-state index is 11.6. The number of hydrogen-bond donors (Lipinski definition) is 1. The second-order valence-electron chi connectivity index (χ2n) is 3.62. The Morgan fingerprint density at radius 2 is 2.31 bits per heavy atom. The minimum Gasteiger partial charge on any atom is -0.385 e. The van der Waals surface area contributed by atoms with E-state index < -0.39 is 6.10 Å². The Hall–Kier alpha value is -0.630. The lowest BCUT2D eigenvalue weighted by atomic mass is 10.0. The van der Waals surface area contributed by atoms with Gasteiger partial charge in [-0.05, 0) is 37.7 Å². The fourth-order valence-corrected chi connectivity index (χ4v) is 1.64. The summed E-state index contributed by atoms with van der Waals surface area (Å²) < 4.78 is 0. The average Bonchev–Trinajstić information content (AvgIpc) is 2.43. The quantitative estimate of drug-likeness (QED) is 0.726. The minimum atomic E-state index is -0.774. The van der Waals surface area contributed by atoms with E-state index in [4.69, 9.17) is 0 Å². The molecule has 1 rings (SSSR count). The highest BCUT2D eigenvalue weighted by molar-refractivity contribution is 5.98. The van der Waals surface area contributed by atoms with Crippen molar-refractivity contribution in [3.63, 3.8) is 0 Å². The molecule has 1 aliphatic carbocycles. The van der Waals surface area contributed by atoms with Crippen LogP contribution in [0.25, 0.3) is 0 Å². The molecule has 2 heteroatoms. The van der Waals surface area contributed by atoms with E-state index in [0.29, 0.717) is 6.42 Å². The van der Waals surface area contributed by atoms with E-state index in [9.17, 15) is 9.90 Å². The summed E-state index contributed by atoms with van der Waals surface area (Å²) in [6.07, 6.45) is 7.09. The Bertz CT molecular complexity index is 206. The van der Waals surface area contributed by atoms with E-state index in [2.05, 4.69) is 0 Å². The minimum absolute atomic E-state index is 0.0515.